The van der Waals surface area contributed by atoms with E-state index in [1.807, 2.05) is 0 Å². The molecule has 1 unspecified atom stereocenters. The fourth-order valence-corrected chi connectivity index (χ4v) is 4.42. The van der Waals surface area contributed by atoms with Crippen LogP contribution in [-0.2, 0) is 25.6 Å². The zero-order valence-electron chi connectivity index (χ0n) is 24.5. The average Bonchev–Trinajstić information content (AvgIpc) is 2.92. The molecule has 1 rings (SSSR count). The van der Waals surface area contributed by atoms with Crippen LogP contribution < -0.4 is 39.3 Å². The Balaban J connectivity index is 3.35. The fourth-order valence-electron chi connectivity index (χ4n) is 4.42. The number of nitrogens with zero attached hydrogens (tertiary/aromatic N) is 3. The van der Waals surface area contributed by atoms with E-state index in [-0.39, 0.29) is 57.1 Å². The summed E-state index contributed by atoms with van der Waals surface area (Å²) in [6, 6.07) is 2.78. The molecule has 0 aliphatic carbocycles. The maximum atomic E-state index is 14.1. The first-order chi connectivity index (χ1) is 20.3. The van der Waals surface area contributed by atoms with Gasteiger partial charge in [-0.2, -0.15) is 0 Å². The molecule has 16 heteroatoms. The molecule has 0 bridgehead atoms. The first-order valence-electron chi connectivity index (χ1n) is 13.8. The number of guanidine groups is 2. The van der Waals surface area contributed by atoms with Crippen molar-refractivity contribution in [2.45, 2.75) is 70.1 Å². The Morgan fingerprint density at radius 3 is 1.88 bits per heavy atom. The summed E-state index contributed by atoms with van der Waals surface area (Å²) in [5.74, 6) is -3.72. The van der Waals surface area contributed by atoms with E-state index in [1.54, 1.807) is 44.2 Å². The molecule has 0 spiro atoms. The van der Waals surface area contributed by atoms with Gasteiger partial charge >= 0.3 is 12.0 Å². The van der Waals surface area contributed by atoms with E-state index in [4.69, 9.17) is 28.7 Å². The van der Waals surface area contributed by atoms with Gasteiger partial charge in [0.05, 0.1) is 6.04 Å². The lowest BCUT2D eigenvalue weighted by atomic mass is 9.96. The van der Waals surface area contributed by atoms with Crippen molar-refractivity contribution in [3.63, 3.8) is 0 Å². The molecule has 0 aliphatic rings. The number of nitrogens with one attached hydrogen (secondary N) is 2. The number of urea groups is 1. The molecule has 0 radical (unpaired) electrons. The van der Waals surface area contributed by atoms with Crippen LogP contribution >= 0.6 is 0 Å². The minimum atomic E-state index is -1.32. The van der Waals surface area contributed by atoms with Gasteiger partial charge in [0.25, 0.3) is 0 Å². The zero-order chi connectivity index (χ0) is 32.5. The molecule has 0 saturated carbocycles. The minimum Gasteiger partial charge on any atom is -0.480 e. The summed E-state index contributed by atoms with van der Waals surface area (Å²) in [5.41, 5.74) is 27.8. The summed E-state index contributed by atoms with van der Waals surface area (Å²) >= 11 is 0. The highest BCUT2D eigenvalue weighted by Gasteiger charge is 2.39. The number of hydrogen-bond acceptors (Lipinski definition) is 7. The predicted octanol–water partition coefficient (Wildman–Crippen LogP) is -1.64. The van der Waals surface area contributed by atoms with E-state index >= 15 is 0 Å². The van der Waals surface area contributed by atoms with Gasteiger partial charge in [-0.25, -0.2) is 9.59 Å². The zero-order valence-corrected chi connectivity index (χ0v) is 24.5. The van der Waals surface area contributed by atoms with Crippen LogP contribution in [0.2, 0.25) is 0 Å². The van der Waals surface area contributed by atoms with Gasteiger partial charge in [-0.15, -0.1) is 0 Å². The van der Waals surface area contributed by atoms with E-state index < -0.39 is 53.9 Å². The molecule has 0 fully saturated rings. The largest absolute Gasteiger partial charge is 0.480 e. The Bertz CT molecular complexity index is 1140. The molecule has 13 N–H and O–H groups in total. The second-order valence-electron chi connectivity index (χ2n) is 10.2. The predicted molar refractivity (Wildman–Crippen MR) is 161 cm³/mol. The van der Waals surface area contributed by atoms with Crippen LogP contribution in [0.15, 0.2) is 40.3 Å². The molecule has 0 saturated heterocycles. The third-order valence-electron chi connectivity index (χ3n) is 6.38. The third-order valence-corrected chi connectivity index (χ3v) is 6.38. The van der Waals surface area contributed by atoms with E-state index in [9.17, 15) is 29.1 Å². The maximum Gasteiger partial charge on any atom is 0.326 e. The van der Waals surface area contributed by atoms with Crippen molar-refractivity contribution in [2.24, 2.45) is 44.6 Å². The van der Waals surface area contributed by atoms with E-state index in [1.165, 1.54) is 0 Å². The minimum absolute atomic E-state index is 0.0148. The number of benzene rings is 1. The summed E-state index contributed by atoms with van der Waals surface area (Å²) < 4.78 is 0. The van der Waals surface area contributed by atoms with Gasteiger partial charge in [0.1, 0.15) is 24.4 Å². The number of amides is 4. The second-order valence-corrected chi connectivity index (χ2v) is 10.2. The highest BCUT2D eigenvalue weighted by Crippen LogP contribution is 2.20. The van der Waals surface area contributed by atoms with Gasteiger partial charge in [-0.1, -0.05) is 44.2 Å². The number of nitrogens with two attached hydrogens (primary N) is 5. The van der Waals surface area contributed by atoms with Gasteiger partial charge in [0.2, 0.25) is 11.8 Å². The number of rotatable bonds is 19. The lowest BCUT2D eigenvalue weighted by Gasteiger charge is -2.38. The van der Waals surface area contributed by atoms with Gasteiger partial charge < -0.3 is 54.1 Å². The normalized spacial score (nSPS) is 13.5. The third kappa shape index (κ3) is 13.1. The SMILES string of the molecule is CC(C)[C@@H](C(N)=O)N(C(=O)[C@H](CCCN=C(N)N)NC(=O)N[C@@H](Cc1ccccc1)C(=O)O)C(C=O)CCCN=C(N)N. The van der Waals surface area contributed by atoms with Crippen LogP contribution in [0.3, 0.4) is 0 Å². The summed E-state index contributed by atoms with van der Waals surface area (Å²) in [4.78, 5) is 72.7. The molecule has 0 aliphatic heterocycles. The van der Waals surface area contributed by atoms with Crippen molar-refractivity contribution in [3.8, 4) is 0 Å². The number of carbonyl (C=O) groups is 5. The molecule has 1 aromatic rings. The van der Waals surface area contributed by atoms with Gasteiger partial charge in [-0.05, 0) is 37.2 Å². The van der Waals surface area contributed by atoms with Crippen molar-refractivity contribution < 1.29 is 29.1 Å². The molecule has 238 valence electrons. The van der Waals surface area contributed by atoms with Crippen molar-refractivity contribution in [1.82, 2.24) is 15.5 Å². The van der Waals surface area contributed by atoms with E-state index in [0.29, 0.717) is 11.8 Å². The van der Waals surface area contributed by atoms with Crippen LogP contribution in [0.4, 0.5) is 4.79 Å². The number of primary amides is 1. The van der Waals surface area contributed by atoms with E-state index in [0.717, 1.165) is 4.90 Å². The molecule has 43 heavy (non-hydrogen) atoms. The topological polar surface area (TPSA) is 288 Å². The smallest absolute Gasteiger partial charge is 0.326 e. The molecule has 16 nitrogen and oxygen atoms in total. The molecular weight excluding hydrogens is 560 g/mol. The summed E-state index contributed by atoms with van der Waals surface area (Å²) in [6.45, 7) is 3.59. The van der Waals surface area contributed by atoms with Crippen LogP contribution in [-0.4, -0.2) is 89.3 Å². The van der Waals surface area contributed by atoms with Crippen LogP contribution in [0.5, 0.6) is 0 Å². The first kappa shape index (κ1) is 36.1. The van der Waals surface area contributed by atoms with E-state index in [2.05, 4.69) is 20.6 Å². The average molecular weight is 605 g/mol. The molecular formula is C27H44N10O6. The monoisotopic (exact) mass is 604 g/mol. The number of aliphatic carboxylic acids is 1. The molecule has 4 amide bonds. The molecule has 1 aromatic carbocycles. The molecule has 0 aromatic heterocycles. The van der Waals surface area contributed by atoms with Crippen LogP contribution in [0.25, 0.3) is 0 Å². The fraction of sp³-hybridized carbons (Fsp3) is 0.519. The maximum absolute atomic E-state index is 14.1. The lowest BCUT2D eigenvalue weighted by molar-refractivity contribution is -0.147. The second kappa shape index (κ2) is 18.5. The van der Waals surface area contributed by atoms with Crippen molar-refractivity contribution >= 4 is 42.0 Å². The number of carbonyl (C=O) groups excluding carboxylic acids is 4. The highest BCUT2D eigenvalue weighted by atomic mass is 16.4. The highest BCUT2D eigenvalue weighted by molar-refractivity contribution is 5.93. The Morgan fingerprint density at radius 1 is 0.884 bits per heavy atom. The van der Waals surface area contributed by atoms with Gasteiger partial charge in [0.15, 0.2) is 11.9 Å². The summed E-state index contributed by atoms with van der Waals surface area (Å²) in [5, 5.41) is 14.6. The Morgan fingerprint density at radius 2 is 1.42 bits per heavy atom. The Labute approximate surface area is 250 Å². The summed E-state index contributed by atoms with van der Waals surface area (Å²) in [7, 11) is 0. The summed E-state index contributed by atoms with van der Waals surface area (Å²) in [6.07, 6.45) is 1.08. The van der Waals surface area contributed by atoms with Crippen molar-refractivity contribution in [1.29, 1.82) is 0 Å². The standard InChI is InChI=1S/C27H44N10O6/c1-16(2)21(22(28)39)37(18(15-38)10-6-12-33-25(29)30)23(40)19(11-7-13-34-26(31)32)35-27(43)36-20(24(41)42)14-17-8-4-3-5-9-17/h3-5,8-9,15-16,18-21H,6-7,10-14H2,1-2H3,(H2,28,39)(H,41,42)(H4,29,30,33)(H4,31,32,34)(H2,35,36,43)/t18?,19-,20-,21-/m0/s1. The number of hydrogen-bond donors (Lipinski definition) is 8. The first-order valence-corrected chi connectivity index (χ1v) is 13.8. The molecule has 4 atom stereocenters. The van der Waals surface area contributed by atoms with Crippen molar-refractivity contribution in [3.05, 3.63) is 35.9 Å². The van der Waals surface area contributed by atoms with Crippen LogP contribution in [0.1, 0.15) is 45.1 Å². The number of aliphatic imine (C=N–C) groups is 2. The number of carboxylic acid groups (broad SMARTS) is 1. The number of carboxylic acids is 1. The van der Waals surface area contributed by atoms with Crippen LogP contribution in [0, 0.1) is 5.92 Å². The Kier molecular flexibility index (Phi) is 15.6. The lowest BCUT2D eigenvalue weighted by Crippen LogP contribution is -2.61. The quantitative estimate of drug-likeness (QED) is 0.0385. The van der Waals surface area contributed by atoms with Gasteiger partial charge in [-0.3, -0.25) is 19.6 Å². The molecule has 0 heterocycles. The Hall–Kier alpha value is -4.89. The number of aldehydes is 1. The van der Waals surface area contributed by atoms with Crippen molar-refractivity contribution in [2.75, 3.05) is 13.1 Å². The van der Waals surface area contributed by atoms with Gasteiger partial charge in [0, 0.05) is 19.5 Å².